The van der Waals surface area contributed by atoms with Crippen molar-refractivity contribution in [1.82, 2.24) is 4.98 Å². The van der Waals surface area contributed by atoms with Crippen LogP contribution in [0.3, 0.4) is 0 Å². The van der Waals surface area contributed by atoms with Crippen molar-refractivity contribution >= 4 is 38.9 Å². The summed E-state index contributed by atoms with van der Waals surface area (Å²) >= 11 is 1.40. The third kappa shape index (κ3) is 3.99. The summed E-state index contributed by atoms with van der Waals surface area (Å²) in [5.74, 6) is 1.19. The van der Waals surface area contributed by atoms with Gasteiger partial charge in [-0.05, 0) is 38.5 Å². The molecular weight excluding hydrogens is 424 g/mol. The largest absolute Gasteiger partial charge is 0.496 e. The number of carbonyl (C=O) groups excluding carboxylic acids is 1. The molecule has 2 aromatic heterocycles. The van der Waals surface area contributed by atoms with E-state index in [1.54, 1.807) is 26.6 Å². The number of para-hydroxylation sites is 1. The monoisotopic (exact) mass is 448 g/mol. The zero-order valence-electron chi connectivity index (χ0n) is 18.6. The molecule has 0 fully saturated rings. The second-order valence-corrected chi connectivity index (χ2v) is 8.28. The van der Waals surface area contributed by atoms with Gasteiger partial charge in [0.1, 0.15) is 17.1 Å². The molecule has 0 saturated heterocycles. The molecule has 1 amide bonds. The van der Waals surface area contributed by atoms with Crippen molar-refractivity contribution in [3.63, 3.8) is 0 Å². The van der Waals surface area contributed by atoms with Gasteiger partial charge in [-0.1, -0.05) is 18.2 Å². The number of aromatic nitrogens is 1. The number of methoxy groups -OCH3 is 2. The lowest BCUT2D eigenvalue weighted by Crippen LogP contribution is -2.08. The van der Waals surface area contributed by atoms with Crippen molar-refractivity contribution in [2.75, 3.05) is 19.5 Å². The van der Waals surface area contributed by atoms with Crippen LogP contribution in [-0.2, 0) is 4.79 Å². The van der Waals surface area contributed by atoms with Gasteiger partial charge in [0.15, 0.2) is 5.13 Å². The molecule has 0 aliphatic rings. The molecule has 4 rings (SSSR count). The molecule has 2 heterocycles. The fraction of sp³-hybridized carbons (Fsp3) is 0.200. The Morgan fingerprint density at radius 2 is 1.94 bits per heavy atom. The summed E-state index contributed by atoms with van der Waals surface area (Å²) in [6.45, 7) is 5.73. The van der Waals surface area contributed by atoms with Crippen LogP contribution in [0.4, 0.5) is 5.13 Å². The highest BCUT2D eigenvalue weighted by Crippen LogP contribution is 2.42. The average Bonchev–Trinajstić information content (AvgIpc) is 3.39. The molecule has 0 bridgehead atoms. The number of thiazole rings is 1. The van der Waals surface area contributed by atoms with Crippen LogP contribution in [0.1, 0.15) is 23.7 Å². The molecular formula is C25H24N2O4S. The van der Waals surface area contributed by atoms with E-state index in [2.05, 4.69) is 10.3 Å². The Morgan fingerprint density at radius 3 is 2.62 bits per heavy atom. The number of hydrogen-bond donors (Lipinski definition) is 1. The van der Waals surface area contributed by atoms with Gasteiger partial charge in [-0.3, -0.25) is 10.1 Å². The first kappa shape index (κ1) is 21.6. The molecule has 1 N–H and O–H groups in total. The van der Waals surface area contributed by atoms with Gasteiger partial charge in [0.2, 0.25) is 5.91 Å². The van der Waals surface area contributed by atoms with Crippen LogP contribution in [0.5, 0.6) is 11.5 Å². The summed E-state index contributed by atoms with van der Waals surface area (Å²) in [7, 11) is 3.27. The number of furan rings is 1. The zero-order valence-corrected chi connectivity index (χ0v) is 19.4. The third-order valence-corrected chi connectivity index (χ3v) is 6.14. The van der Waals surface area contributed by atoms with E-state index < -0.39 is 0 Å². The fourth-order valence-electron chi connectivity index (χ4n) is 3.77. The van der Waals surface area contributed by atoms with E-state index in [9.17, 15) is 4.79 Å². The van der Waals surface area contributed by atoms with Crippen LogP contribution >= 0.6 is 11.3 Å². The van der Waals surface area contributed by atoms with E-state index in [1.165, 1.54) is 11.3 Å². The van der Waals surface area contributed by atoms with Crippen LogP contribution in [0.25, 0.3) is 27.7 Å². The number of anilines is 1. The average molecular weight is 449 g/mol. The Hall–Kier alpha value is -3.58. The van der Waals surface area contributed by atoms with Gasteiger partial charge >= 0.3 is 0 Å². The Kier molecular flexibility index (Phi) is 6.01. The molecule has 6 nitrogen and oxygen atoms in total. The highest BCUT2D eigenvalue weighted by Gasteiger charge is 2.20. The second-order valence-electron chi connectivity index (χ2n) is 7.42. The van der Waals surface area contributed by atoms with Crippen LogP contribution < -0.4 is 14.8 Å². The molecule has 0 saturated carbocycles. The highest BCUT2D eigenvalue weighted by molar-refractivity contribution is 7.13. The first-order valence-electron chi connectivity index (χ1n) is 10.1. The highest BCUT2D eigenvalue weighted by atomic mass is 32.1. The first-order chi connectivity index (χ1) is 15.4. The maximum absolute atomic E-state index is 12.6. The molecule has 0 aliphatic carbocycles. The summed E-state index contributed by atoms with van der Waals surface area (Å²) in [4.78, 5) is 16.9. The van der Waals surface area contributed by atoms with Crippen LogP contribution in [0, 0.1) is 13.8 Å². The molecule has 164 valence electrons. The maximum Gasteiger partial charge on any atom is 0.250 e. The standard InChI is InChI=1S/C25H24N2O4S/c1-14(10-22(28)27-25-26-15(2)13-32-25)18-11-19-20(17-8-6-7-9-21(17)29-4)12-31-24(19)16(3)23(18)30-5/h6-13H,1-5H3,(H,26,27,28)/b14-10+. The molecule has 4 aromatic rings. The van der Waals surface area contributed by atoms with E-state index in [0.29, 0.717) is 10.9 Å². The van der Waals surface area contributed by atoms with Gasteiger partial charge in [-0.2, -0.15) is 0 Å². The van der Waals surface area contributed by atoms with E-state index in [4.69, 9.17) is 13.9 Å². The fourth-order valence-corrected chi connectivity index (χ4v) is 4.47. The summed E-state index contributed by atoms with van der Waals surface area (Å²) in [6.07, 6.45) is 3.29. The number of aryl methyl sites for hydroxylation is 2. The van der Waals surface area contributed by atoms with Crippen molar-refractivity contribution in [3.8, 4) is 22.6 Å². The van der Waals surface area contributed by atoms with E-state index in [1.807, 2.05) is 56.5 Å². The number of hydrogen-bond acceptors (Lipinski definition) is 6. The molecule has 0 unspecified atom stereocenters. The number of amides is 1. The van der Waals surface area contributed by atoms with Crippen LogP contribution in [-0.4, -0.2) is 25.1 Å². The predicted octanol–water partition coefficient (Wildman–Crippen LogP) is 6.23. The second kappa shape index (κ2) is 8.88. The van der Waals surface area contributed by atoms with Crippen LogP contribution in [0.2, 0.25) is 0 Å². The zero-order chi connectivity index (χ0) is 22.8. The number of carbonyl (C=O) groups is 1. The first-order valence-corrected chi connectivity index (χ1v) is 10.9. The van der Waals surface area contributed by atoms with Gasteiger partial charge in [0.25, 0.3) is 0 Å². The maximum atomic E-state index is 12.6. The van der Waals surface area contributed by atoms with Gasteiger partial charge in [-0.15, -0.1) is 11.3 Å². The number of nitrogens with one attached hydrogen (secondary N) is 1. The van der Waals surface area contributed by atoms with Gasteiger partial charge in [0.05, 0.1) is 26.2 Å². The van der Waals surface area contributed by atoms with E-state index in [-0.39, 0.29) is 5.91 Å². The normalized spacial score (nSPS) is 11.6. The molecule has 2 aromatic carbocycles. The SMILES string of the molecule is COc1ccccc1-c1coc2c(C)c(OC)c(/C(C)=C/C(=O)Nc3nc(C)cs3)cc12. The third-order valence-electron chi connectivity index (χ3n) is 5.27. The number of allylic oxidation sites excluding steroid dienone is 1. The lowest BCUT2D eigenvalue weighted by Gasteiger charge is -2.13. The van der Waals surface area contributed by atoms with Crippen LogP contribution in [0.15, 0.2) is 52.5 Å². The Balaban J connectivity index is 1.80. The minimum atomic E-state index is -0.242. The van der Waals surface area contributed by atoms with Crippen molar-refractivity contribution in [2.24, 2.45) is 0 Å². The Morgan fingerprint density at radius 1 is 1.16 bits per heavy atom. The quantitative estimate of drug-likeness (QED) is 0.354. The van der Waals surface area contributed by atoms with E-state index in [0.717, 1.165) is 50.2 Å². The smallest absolute Gasteiger partial charge is 0.250 e. The Labute approximate surface area is 190 Å². The lowest BCUT2D eigenvalue weighted by molar-refractivity contribution is -0.111. The van der Waals surface area contributed by atoms with E-state index >= 15 is 0 Å². The van der Waals surface area contributed by atoms with Gasteiger partial charge in [0, 0.05) is 39.1 Å². The summed E-state index contributed by atoms with van der Waals surface area (Å²) < 4.78 is 17.2. The van der Waals surface area contributed by atoms with Crippen molar-refractivity contribution in [2.45, 2.75) is 20.8 Å². The molecule has 0 aliphatic heterocycles. The molecule has 0 spiro atoms. The molecule has 0 atom stereocenters. The molecule has 32 heavy (non-hydrogen) atoms. The van der Waals surface area contributed by atoms with Crippen molar-refractivity contribution in [1.29, 1.82) is 0 Å². The minimum Gasteiger partial charge on any atom is -0.496 e. The summed E-state index contributed by atoms with van der Waals surface area (Å²) in [5, 5.41) is 6.21. The Bertz CT molecular complexity index is 1330. The number of fused-ring (bicyclic) bond motifs is 1. The lowest BCUT2D eigenvalue weighted by atomic mass is 9.96. The topological polar surface area (TPSA) is 73.6 Å². The van der Waals surface area contributed by atoms with Gasteiger partial charge < -0.3 is 13.9 Å². The molecule has 7 heteroatoms. The predicted molar refractivity (Wildman–Crippen MR) is 129 cm³/mol. The number of benzene rings is 2. The number of rotatable bonds is 6. The number of nitrogens with zero attached hydrogens (tertiary/aromatic N) is 1. The summed E-state index contributed by atoms with van der Waals surface area (Å²) in [6, 6.07) is 9.80. The van der Waals surface area contributed by atoms with Gasteiger partial charge in [-0.25, -0.2) is 4.98 Å². The molecule has 0 radical (unpaired) electrons. The summed E-state index contributed by atoms with van der Waals surface area (Å²) in [5.41, 5.74) is 5.91. The van der Waals surface area contributed by atoms with Crippen molar-refractivity contribution in [3.05, 3.63) is 64.9 Å². The number of ether oxygens (including phenoxy) is 2. The van der Waals surface area contributed by atoms with Crippen molar-refractivity contribution < 1.29 is 18.7 Å². The minimum absolute atomic E-state index is 0.242.